The highest BCUT2D eigenvalue weighted by Gasteiger charge is 2.35. The van der Waals surface area contributed by atoms with Gasteiger partial charge in [0.25, 0.3) is 5.91 Å². The predicted octanol–water partition coefficient (Wildman–Crippen LogP) is 4.60. The molecule has 0 spiro atoms. The van der Waals surface area contributed by atoms with Crippen molar-refractivity contribution >= 4 is 39.6 Å². The average Bonchev–Trinajstić information content (AvgIpc) is 2.54. The highest BCUT2D eigenvalue weighted by atomic mass is 79.9. The van der Waals surface area contributed by atoms with Gasteiger partial charge in [0.1, 0.15) is 0 Å². The van der Waals surface area contributed by atoms with Crippen molar-refractivity contribution in [2.45, 2.75) is 29.3 Å². The number of hydrogen-bond donors (Lipinski definition) is 2. The molecule has 0 aliphatic rings. The lowest BCUT2D eigenvalue weighted by Crippen LogP contribution is -2.24. The number of carbonyl (C=O) groups is 1. The first-order valence-corrected chi connectivity index (χ1v) is 9.05. The molecule has 2 aromatic carbocycles. The van der Waals surface area contributed by atoms with E-state index >= 15 is 0 Å². The first-order valence-electron chi connectivity index (χ1n) is 7.44. The quantitative estimate of drug-likeness (QED) is 0.532. The fourth-order valence-corrected chi connectivity index (χ4v) is 3.81. The molecule has 0 bridgehead atoms. The van der Waals surface area contributed by atoms with Gasteiger partial charge in [-0.1, -0.05) is 30.8 Å². The molecule has 0 radical (unpaired) electrons. The van der Waals surface area contributed by atoms with Crippen molar-refractivity contribution in [3.05, 3.63) is 57.6 Å². The number of amides is 1. The lowest BCUT2D eigenvalue weighted by Gasteiger charge is -2.16. The van der Waals surface area contributed by atoms with Crippen LogP contribution in [-0.2, 0) is 12.6 Å². The van der Waals surface area contributed by atoms with E-state index in [0.717, 1.165) is 17.8 Å². The van der Waals surface area contributed by atoms with Crippen LogP contribution in [0.15, 0.2) is 55.7 Å². The van der Waals surface area contributed by atoms with E-state index in [1.807, 2.05) is 0 Å². The number of nitrogens with two attached hydrogens (primary N) is 2. The van der Waals surface area contributed by atoms with E-state index in [0.29, 0.717) is 21.4 Å². The summed E-state index contributed by atoms with van der Waals surface area (Å²) in [5.74, 6) is -1.40. The molecule has 0 aliphatic carbocycles. The molecule has 0 fully saturated rings. The summed E-state index contributed by atoms with van der Waals surface area (Å²) in [5, 5.41) is 0. The monoisotopic (exact) mass is 445 g/mol. The first kappa shape index (κ1) is 20.3. The van der Waals surface area contributed by atoms with E-state index in [4.69, 9.17) is 11.5 Å². The van der Waals surface area contributed by atoms with Gasteiger partial charge in [0.05, 0.1) is 5.56 Å². The van der Waals surface area contributed by atoms with Crippen LogP contribution in [0.4, 0.5) is 13.2 Å². The molecule has 138 valence electrons. The topological polar surface area (TPSA) is 81.5 Å². The summed E-state index contributed by atoms with van der Waals surface area (Å²) in [6, 6.07) is 9.13. The molecule has 2 rings (SSSR count). The Hall–Kier alpha value is -2.00. The third kappa shape index (κ3) is 4.79. The molecule has 26 heavy (non-hydrogen) atoms. The Kier molecular flexibility index (Phi) is 6.35. The van der Waals surface area contributed by atoms with Crippen LogP contribution in [0.1, 0.15) is 28.4 Å². The van der Waals surface area contributed by atoms with Crippen LogP contribution < -0.4 is 11.5 Å². The maximum atomic E-state index is 13.6. The smallest absolute Gasteiger partial charge is 0.370 e. The first-order chi connectivity index (χ1) is 12.1. The van der Waals surface area contributed by atoms with E-state index in [-0.39, 0.29) is 10.5 Å². The normalized spacial score (nSPS) is 11.3. The van der Waals surface area contributed by atoms with Crippen LogP contribution in [-0.4, -0.2) is 11.9 Å². The molecular weight excluding hydrogens is 431 g/mol. The van der Waals surface area contributed by atoms with Crippen molar-refractivity contribution in [1.82, 2.24) is 0 Å². The zero-order chi connectivity index (χ0) is 19.5. The number of nitrogens with zero attached hydrogens (tertiary/aromatic N) is 1. The Morgan fingerprint density at radius 1 is 1.19 bits per heavy atom. The highest BCUT2D eigenvalue weighted by molar-refractivity contribution is 9.10. The molecule has 2 aromatic rings. The van der Waals surface area contributed by atoms with Gasteiger partial charge in [-0.3, -0.25) is 4.79 Å². The third-order valence-electron chi connectivity index (χ3n) is 3.41. The number of hydrogen-bond acceptors (Lipinski definition) is 2. The number of alkyl halides is 3. The summed E-state index contributed by atoms with van der Waals surface area (Å²) in [6.07, 6.45) is -4.29. The van der Waals surface area contributed by atoms with Crippen LogP contribution in [0.5, 0.6) is 0 Å². The third-order valence-corrected chi connectivity index (χ3v) is 5.50. The zero-order valence-corrected chi connectivity index (χ0v) is 16.0. The fourth-order valence-electron chi connectivity index (χ4n) is 2.24. The molecule has 1 amide bonds. The van der Waals surface area contributed by atoms with Gasteiger partial charge in [-0.25, -0.2) is 0 Å². The molecule has 0 saturated carbocycles. The fraction of sp³-hybridized carbons (Fsp3) is 0.176. The molecule has 4 N–H and O–H groups in total. The highest BCUT2D eigenvalue weighted by Crippen LogP contribution is 2.42. The minimum absolute atomic E-state index is 0.00231. The van der Waals surface area contributed by atoms with Gasteiger partial charge in [0.15, 0.2) is 5.96 Å². The van der Waals surface area contributed by atoms with Crippen molar-refractivity contribution < 1.29 is 18.0 Å². The van der Waals surface area contributed by atoms with Crippen molar-refractivity contribution in [3.63, 3.8) is 0 Å². The molecule has 0 atom stereocenters. The van der Waals surface area contributed by atoms with Gasteiger partial charge < -0.3 is 11.5 Å². The maximum Gasteiger partial charge on any atom is 0.417 e. The summed E-state index contributed by atoms with van der Waals surface area (Å²) < 4.78 is 41.4. The van der Waals surface area contributed by atoms with Crippen LogP contribution in [0, 0.1) is 0 Å². The van der Waals surface area contributed by atoms with Gasteiger partial charge in [0, 0.05) is 19.8 Å². The molecule has 4 nitrogen and oxygen atoms in total. The minimum Gasteiger partial charge on any atom is -0.370 e. The Morgan fingerprint density at radius 2 is 1.85 bits per heavy atom. The molecule has 0 aromatic heterocycles. The van der Waals surface area contributed by atoms with Crippen molar-refractivity contribution in [1.29, 1.82) is 0 Å². The minimum atomic E-state index is -4.64. The predicted molar refractivity (Wildman–Crippen MR) is 99.2 cm³/mol. The van der Waals surface area contributed by atoms with Crippen molar-refractivity contribution in [3.8, 4) is 0 Å². The summed E-state index contributed by atoms with van der Waals surface area (Å²) in [4.78, 5) is 16.1. The van der Waals surface area contributed by atoms with Crippen LogP contribution in [0.25, 0.3) is 0 Å². The van der Waals surface area contributed by atoms with Gasteiger partial charge in [-0.2, -0.15) is 18.2 Å². The molecular formula is C17H15BrF3N3OS. The largest absolute Gasteiger partial charge is 0.417 e. The van der Waals surface area contributed by atoms with Crippen molar-refractivity contribution in [2.24, 2.45) is 16.5 Å². The standard InChI is InChI=1S/C17H15BrF3N3OS/c1-2-9-7-14(26-13-6-4-3-5-12(13)18)11(17(19,20)21)8-10(9)15(25)24-16(22)23/h3-8H,2H2,1H3,(H4,22,23,24,25). The number of aliphatic imine (C=N–C) groups is 1. The van der Waals surface area contributed by atoms with Gasteiger partial charge in [0.2, 0.25) is 0 Å². The van der Waals surface area contributed by atoms with Crippen LogP contribution >= 0.6 is 27.7 Å². The van der Waals surface area contributed by atoms with Gasteiger partial charge in [-0.05, 0) is 52.2 Å². The average molecular weight is 446 g/mol. The number of rotatable bonds is 4. The Bertz CT molecular complexity index is 865. The van der Waals surface area contributed by atoms with E-state index in [1.54, 1.807) is 31.2 Å². The lowest BCUT2D eigenvalue weighted by atomic mass is 10.0. The second kappa shape index (κ2) is 8.13. The number of carbonyl (C=O) groups excluding carboxylic acids is 1. The summed E-state index contributed by atoms with van der Waals surface area (Å²) in [6.45, 7) is 1.74. The van der Waals surface area contributed by atoms with Crippen molar-refractivity contribution in [2.75, 3.05) is 0 Å². The van der Waals surface area contributed by atoms with Crippen LogP contribution in [0.3, 0.4) is 0 Å². The Morgan fingerprint density at radius 3 is 2.38 bits per heavy atom. The second-order valence-electron chi connectivity index (χ2n) is 5.23. The van der Waals surface area contributed by atoms with Crippen LogP contribution in [0.2, 0.25) is 0 Å². The number of halogens is 4. The van der Waals surface area contributed by atoms with E-state index in [1.165, 1.54) is 6.07 Å². The molecule has 0 aliphatic heterocycles. The molecule has 0 heterocycles. The zero-order valence-electron chi connectivity index (χ0n) is 13.6. The van der Waals surface area contributed by atoms with Gasteiger partial charge >= 0.3 is 6.18 Å². The second-order valence-corrected chi connectivity index (χ2v) is 7.17. The Labute approximate surface area is 161 Å². The van der Waals surface area contributed by atoms with E-state index < -0.39 is 23.6 Å². The lowest BCUT2D eigenvalue weighted by molar-refractivity contribution is -0.139. The number of guanidine groups is 1. The summed E-state index contributed by atoms with van der Waals surface area (Å²) >= 11 is 4.30. The summed E-state index contributed by atoms with van der Waals surface area (Å²) in [5.41, 5.74) is 9.70. The number of aryl methyl sites for hydroxylation is 1. The SMILES string of the molecule is CCc1cc(Sc2ccccc2Br)c(C(F)(F)F)cc1C(=O)N=C(N)N. The maximum absolute atomic E-state index is 13.6. The van der Waals surface area contributed by atoms with Gasteiger partial charge in [-0.15, -0.1) is 0 Å². The number of benzene rings is 2. The van der Waals surface area contributed by atoms with E-state index in [9.17, 15) is 18.0 Å². The van der Waals surface area contributed by atoms with E-state index in [2.05, 4.69) is 20.9 Å². The molecule has 0 saturated heterocycles. The molecule has 0 unspecified atom stereocenters. The Balaban J connectivity index is 2.63. The summed E-state index contributed by atoms with van der Waals surface area (Å²) in [7, 11) is 0. The molecule has 9 heteroatoms.